The van der Waals surface area contributed by atoms with E-state index in [0.717, 1.165) is 20.2 Å². The zero-order chi connectivity index (χ0) is 25.2. The summed E-state index contributed by atoms with van der Waals surface area (Å²) in [5, 5.41) is 17.4. The molecule has 184 valence electrons. The van der Waals surface area contributed by atoms with E-state index in [4.69, 9.17) is 4.74 Å². The van der Waals surface area contributed by atoms with Crippen molar-refractivity contribution in [2.45, 2.75) is 0 Å². The molecule has 1 N–H and O–H groups in total. The van der Waals surface area contributed by atoms with Gasteiger partial charge < -0.3 is 0 Å². The van der Waals surface area contributed by atoms with Gasteiger partial charge in [-0.3, -0.25) is 0 Å². The van der Waals surface area contributed by atoms with Gasteiger partial charge in [-0.2, -0.15) is 0 Å². The fourth-order valence-corrected chi connectivity index (χ4v) is 4.31. The van der Waals surface area contributed by atoms with Crippen molar-refractivity contribution >= 4 is 52.2 Å². The number of ketones is 1. The van der Waals surface area contributed by atoms with Gasteiger partial charge in [-0.05, 0) is 0 Å². The predicted octanol–water partition coefficient (Wildman–Crippen LogP) is 1.24. The number of ether oxygens (including phenoxy) is 1. The Balaban J connectivity index is 1.79. The van der Waals surface area contributed by atoms with Gasteiger partial charge in [-0.15, -0.1) is 0 Å². The minimum absolute atomic E-state index is 0.0343. The fraction of sp³-hybridized carbons (Fsp3) is 0.308. The van der Waals surface area contributed by atoms with E-state index in [1.54, 1.807) is 0 Å². The quantitative estimate of drug-likeness (QED) is 0.180. The zero-order valence-corrected chi connectivity index (χ0v) is 23.4. The van der Waals surface area contributed by atoms with Gasteiger partial charge in [0.2, 0.25) is 0 Å². The number of benzene rings is 2. The van der Waals surface area contributed by atoms with Gasteiger partial charge in [0.15, 0.2) is 0 Å². The predicted molar refractivity (Wildman–Crippen MR) is 143 cm³/mol. The molecule has 1 aliphatic rings. The second kappa shape index (κ2) is 13.5. The number of nitrogens with zero attached hydrogens (tertiary/aromatic N) is 4. The van der Waals surface area contributed by atoms with E-state index in [1.165, 1.54) is 6.21 Å². The second-order valence-corrected chi connectivity index (χ2v) is 9.77. The molecule has 0 saturated carbocycles. The molecule has 7 nitrogen and oxygen atoms in total. The number of aliphatic hydroxyl groups is 1. The van der Waals surface area contributed by atoms with Crippen LogP contribution in [0.1, 0.15) is 11.1 Å². The van der Waals surface area contributed by atoms with E-state index in [1.807, 2.05) is 89.6 Å². The van der Waals surface area contributed by atoms with Crippen LogP contribution in [0.25, 0.3) is 0 Å². The van der Waals surface area contributed by atoms with Crippen LogP contribution in [0.3, 0.4) is 0 Å². The van der Waals surface area contributed by atoms with E-state index in [-0.39, 0.29) is 30.2 Å². The number of aliphatic hydroxyl groups excluding tert-OH is 1. The maximum atomic E-state index is 13.4. The zero-order valence-electron chi connectivity index (χ0n) is 20.0. The van der Waals surface area contributed by atoms with Crippen LogP contribution in [-0.2, 0) is 9.53 Å². The van der Waals surface area contributed by atoms with Crippen LogP contribution in [0.4, 0.5) is 0 Å². The van der Waals surface area contributed by atoms with Crippen molar-refractivity contribution in [3.8, 4) is 0 Å². The number of morpholine rings is 1. The number of likely N-dealkylation sites (N-methyl/N-ethyl adjacent to an activating group) is 2. The average molecular weight is 604 g/mol. The summed E-state index contributed by atoms with van der Waals surface area (Å²) in [6, 6.07) is 19.7. The number of hydrogen-bond donors (Lipinski definition) is 1. The number of carbonyl (C=O) groups excluding carboxylic acids is 1. The molecule has 0 atom stereocenters. The first-order valence-corrected chi connectivity index (χ1v) is 13.0. The Labute approximate surface area is 222 Å². The summed E-state index contributed by atoms with van der Waals surface area (Å²) in [5.74, 6) is -0.256. The van der Waals surface area contributed by atoms with E-state index in [0.29, 0.717) is 26.3 Å². The summed E-state index contributed by atoms with van der Waals surface area (Å²) >= 11 is 6.12. The topological polar surface area (TPSA) is 68.6 Å². The number of Topliss-reactive ketones (excluding diaryl/α,β-unsaturated/α-hetero) is 1. The van der Waals surface area contributed by atoms with Gasteiger partial charge >= 0.3 is 223 Å². The Hall–Kier alpha value is -2.54. The number of rotatable bonds is 11. The molecule has 1 fully saturated rings. The molecule has 0 aromatic heterocycles. The molecule has 0 amide bonds. The monoisotopic (exact) mass is 606 g/mol. The van der Waals surface area contributed by atoms with Crippen LogP contribution in [-0.4, -0.2) is 126 Å². The summed E-state index contributed by atoms with van der Waals surface area (Å²) in [7, 11) is 3.71. The molecule has 0 spiro atoms. The van der Waals surface area contributed by atoms with Gasteiger partial charge in [0.25, 0.3) is 0 Å². The molecule has 35 heavy (non-hydrogen) atoms. The van der Waals surface area contributed by atoms with Crippen LogP contribution < -0.4 is 0 Å². The second-order valence-electron chi connectivity index (χ2n) is 8.15. The van der Waals surface area contributed by atoms with Gasteiger partial charge in [0.05, 0.1) is 0 Å². The average Bonchev–Trinajstić information content (AvgIpc) is 2.89. The van der Waals surface area contributed by atoms with Crippen LogP contribution in [0.5, 0.6) is 0 Å². The summed E-state index contributed by atoms with van der Waals surface area (Å²) < 4.78 is 7.09. The Morgan fingerprint density at radius 1 is 0.943 bits per heavy atom. The van der Waals surface area contributed by atoms with Crippen molar-refractivity contribution in [1.29, 1.82) is 0 Å². The van der Waals surface area contributed by atoms with E-state index in [2.05, 4.69) is 36.3 Å². The van der Waals surface area contributed by atoms with Crippen molar-refractivity contribution < 1.29 is 14.6 Å². The summed E-state index contributed by atoms with van der Waals surface area (Å²) in [5.41, 5.74) is 2.18. The number of carbonyl (C=O) groups is 1. The van der Waals surface area contributed by atoms with E-state index in [9.17, 15) is 9.90 Å². The normalized spacial score (nSPS) is 14.4. The first-order valence-electron chi connectivity index (χ1n) is 11.3. The Morgan fingerprint density at radius 3 is 1.94 bits per heavy atom. The maximum absolute atomic E-state index is 13.4. The third-order valence-corrected chi connectivity index (χ3v) is 7.75. The molecule has 0 unspecified atom stereocenters. The Kier molecular flexibility index (Phi) is 10.5. The molecule has 0 aliphatic carbocycles. The number of hydrazone groups is 1. The van der Waals surface area contributed by atoms with Gasteiger partial charge in [0.1, 0.15) is 0 Å². The van der Waals surface area contributed by atoms with E-state index >= 15 is 0 Å². The number of hydrogen-bond acceptors (Lipinski definition) is 7. The molecule has 0 radical (unpaired) electrons. The fourth-order valence-electron chi connectivity index (χ4n) is 3.47. The first-order chi connectivity index (χ1) is 16.9. The minimum atomic E-state index is -0.222. The molecular formula is C26H30N4O3Se2. The molecule has 1 aliphatic heterocycles. The molecule has 2 aromatic carbocycles. The SMILES string of the molecule is CN(CC(=O)C(C=NN1CCOCC1)=C(O)CN(C)C(=[Se])c1ccccc1)C(=[Se])c1ccccc1. The van der Waals surface area contributed by atoms with Crippen LogP contribution >= 0.6 is 0 Å². The van der Waals surface area contributed by atoms with Gasteiger partial charge in [0, 0.05) is 0 Å². The van der Waals surface area contributed by atoms with Crippen LogP contribution in [0.2, 0.25) is 0 Å². The van der Waals surface area contributed by atoms with Gasteiger partial charge in [-0.1, -0.05) is 0 Å². The molecule has 0 bridgehead atoms. The standard InChI is InChI=1S/C26H30N4O3Se2/c1-28(25(34)20-9-5-3-6-10-20)18-23(31)22(17-27-30-13-15-33-16-14-30)24(32)19-29(2)26(35)21-11-7-4-8-12-21/h3-12,17,31H,13-16,18-19H2,1-2H3. The molecule has 1 saturated heterocycles. The molecule has 1 heterocycles. The summed E-state index contributed by atoms with van der Waals surface area (Å²) in [4.78, 5) is 17.1. The van der Waals surface area contributed by atoms with Crippen molar-refractivity contribution in [2.75, 3.05) is 53.5 Å². The molecule has 3 rings (SSSR count). The van der Waals surface area contributed by atoms with Crippen molar-refractivity contribution in [3.05, 3.63) is 83.1 Å². The third-order valence-electron chi connectivity index (χ3n) is 5.45. The van der Waals surface area contributed by atoms with Crippen LogP contribution in [0.15, 0.2) is 77.1 Å². The third kappa shape index (κ3) is 7.99. The van der Waals surface area contributed by atoms with Crippen LogP contribution in [0, 0.1) is 0 Å². The molecular weight excluding hydrogens is 574 g/mol. The molecule has 9 heteroatoms. The summed E-state index contributed by atoms with van der Waals surface area (Å²) in [6.45, 7) is 2.70. The molecule has 2 aromatic rings. The summed E-state index contributed by atoms with van der Waals surface area (Å²) in [6.07, 6.45) is 1.48. The van der Waals surface area contributed by atoms with Gasteiger partial charge in [-0.25, -0.2) is 0 Å². The van der Waals surface area contributed by atoms with Crippen molar-refractivity contribution in [2.24, 2.45) is 5.10 Å². The van der Waals surface area contributed by atoms with Crippen molar-refractivity contribution in [1.82, 2.24) is 14.8 Å². The first kappa shape index (κ1) is 27.1. The van der Waals surface area contributed by atoms with Crippen molar-refractivity contribution in [3.63, 3.8) is 0 Å². The Morgan fingerprint density at radius 2 is 1.43 bits per heavy atom. The van der Waals surface area contributed by atoms with E-state index < -0.39 is 0 Å². The Bertz CT molecular complexity index is 1080.